The lowest BCUT2D eigenvalue weighted by atomic mass is 10.0. The number of rotatable bonds is 8. The predicted octanol–water partition coefficient (Wildman–Crippen LogP) is 1.62. The second kappa shape index (κ2) is 11.0. The van der Waals surface area contributed by atoms with Gasteiger partial charge in [0, 0.05) is 11.6 Å². The average Bonchev–Trinajstić information content (AvgIpc) is 2.64. The van der Waals surface area contributed by atoms with E-state index in [1.807, 2.05) is 0 Å². The minimum absolute atomic E-state index is 0.154. The summed E-state index contributed by atoms with van der Waals surface area (Å²) in [6.07, 6.45) is -1.21. The first-order valence-corrected chi connectivity index (χ1v) is 9.31. The van der Waals surface area contributed by atoms with E-state index in [1.54, 1.807) is 52.0 Å². The van der Waals surface area contributed by atoms with Crippen molar-refractivity contribution >= 4 is 23.8 Å². The largest absolute Gasteiger partial charge is 0.497 e. The van der Waals surface area contributed by atoms with Crippen molar-refractivity contribution in [1.82, 2.24) is 16.0 Å². The van der Waals surface area contributed by atoms with Crippen molar-refractivity contribution in [1.29, 1.82) is 0 Å². The molecule has 0 radical (unpaired) electrons. The third-order valence-electron chi connectivity index (χ3n) is 3.88. The predicted molar refractivity (Wildman–Crippen MR) is 106 cm³/mol. The van der Waals surface area contributed by atoms with Crippen molar-refractivity contribution in [3.8, 4) is 5.75 Å². The van der Waals surface area contributed by atoms with E-state index < -0.39 is 36.0 Å². The Morgan fingerprint density at radius 2 is 1.48 bits per heavy atom. The van der Waals surface area contributed by atoms with Gasteiger partial charge in [-0.25, -0.2) is 9.59 Å². The fraction of sp³-hybridized carbons (Fsp3) is 0.500. The minimum atomic E-state index is -1.21. The number of urea groups is 1. The summed E-state index contributed by atoms with van der Waals surface area (Å²) in [5.41, 5.74) is 0.348. The molecule has 0 aliphatic heterocycles. The van der Waals surface area contributed by atoms with Gasteiger partial charge in [-0.05, 0) is 51.0 Å². The highest BCUT2D eigenvalue weighted by atomic mass is 16.5. The van der Waals surface area contributed by atoms with Crippen molar-refractivity contribution in [3.05, 3.63) is 29.8 Å². The zero-order valence-electron chi connectivity index (χ0n) is 17.6. The summed E-state index contributed by atoms with van der Waals surface area (Å²) in [5.74, 6) is -1.68. The van der Waals surface area contributed by atoms with E-state index in [0.29, 0.717) is 11.3 Å². The van der Waals surface area contributed by atoms with E-state index in [4.69, 9.17) is 9.47 Å². The maximum absolute atomic E-state index is 12.5. The van der Waals surface area contributed by atoms with Crippen LogP contribution in [0.5, 0.6) is 5.75 Å². The molecule has 0 aromatic heterocycles. The Morgan fingerprint density at radius 3 is 1.97 bits per heavy atom. The summed E-state index contributed by atoms with van der Waals surface area (Å²) < 4.78 is 10.2. The molecule has 0 aliphatic carbocycles. The van der Waals surface area contributed by atoms with Crippen LogP contribution in [0.25, 0.3) is 0 Å². The molecular formula is C20H29N3O6. The summed E-state index contributed by atoms with van der Waals surface area (Å²) >= 11 is 0. The van der Waals surface area contributed by atoms with Gasteiger partial charge in [0.05, 0.1) is 7.11 Å². The lowest BCUT2D eigenvalue weighted by molar-refractivity contribution is -0.157. The Bertz CT molecular complexity index is 730. The normalized spacial score (nSPS) is 12.7. The van der Waals surface area contributed by atoms with Crippen molar-refractivity contribution in [2.75, 3.05) is 7.11 Å². The molecular weight excluding hydrogens is 378 g/mol. The molecule has 0 unspecified atom stereocenters. The summed E-state index contributed by atoms with van der Waals surface area (Å²) in [4.78, 5) is 48.5. The van der Waals surface area contributed by atoms with E-state index >= 15 is 0 Å². The van der Waals surface area contributed by atoms with Crippen LogP contribution in [0.4, 0.5) is 4.79 Å². The number of carbonyl (C=O) groups is 4. The van der Waals surface area contributed by atoms with Crippen molar-refractivity contribution in [2.24, 2.45) is 5.92 Å². The Balaban J connectivity index is 2.72. The first-order chi connectivity index (χ1) is 13.5. The minimum Gasteiger partial charge on any atom is -0.497 e. The molecule has 0 saturated carbocycles. The summed E-state index contributed by atoms with van der Waals surface area (Å²) in [6, 6.07) is 4.60. The molecule has 0 heterocycles. The molecule has 9 nitrogen and oxygen atoms in total. The zero-order valence-corrected chi connectivity index (χ0v) is 17.6. The monoisotopic (exact) mass is 407 g/mol. The average molecular weight is 407 g/mol. The second-order valence-corrected chi connectivity index (χ2v) is 7.12. The molecule has 1 rings (SSSR count). The van der Waals surface area contributed by atoms with E-state index in [9.17, 15) is 19.2 Å². The van der Waals surface area contributed by atoms with Crippen LogP contribution in [-0.4, -0.2) is 49.1 Å². The number of nitrogens with one attached hydrogen (secondary N) is 3. The third-order valence-corrected chi connectivity index (χ3v) is 3.88. The van der Waals surface area contributed by atoms with Gasteiger partial charge in [-0.1, -0.05) is 13.8 Å². The Kier molecular flexibility index (Phi) is 9.11. The maximum atomic E-state index is 12.5. The number of imide groups is 1. The number of ether oxygens (including phenoxy) is 2. The van der Waals surface area contributed by atoms with Crippen LogP contribution < -0.4 is 20.7 Å². The maximum Gasteiger partial charge on any atom is 0.329 e. The van der Waals surface area contributed by atoms with Crippen LogP contribution in [0.3, 0.4) is 0 Å². The van der Waals surface area contributed by atoms with Crippen molar-refractivity contribution in [3.63, 3.8) is 0 Å². The molecule has 160 valence electrons. The molecule has 9 heteroatoms. The van der Waals surface area contributed by atoms with Crippen molar-refractivity contribution < 1.29 is 28.7 Å². The van der Waals surface area contributed by atoms with E-state index in [1.165, 1.54) is 14.0 Å². The van der Waals surface area contributed by atoms with Crippen LogP contribution in [-0.2, 0) is 14.3 Å². The summed E-state index contributed by atoms with van der Waals surface area (Å²) in [6.45, 7) is 8.30. The number of amides is 4. The van der Waals surface area contributed by atoms with Gasteiger partial charge in [0.2, 0.25) is 0 Å². The van der Waals surface area contributed by atoms with E-state index in [-0.39, 0.29) is 12.0 Å². The summed E-state index contributed by atoms with van der Waals surface area (Å²) in [7, 11) is 1.52. The van der Waals surface area contributed by atoms with Gasteiger partial charge in [-0.2, -0.15) is 0 Å². The number of carbonyl (C=O) groups excluding carboxylic acids is 4. The molecule has 0 bridgehead atoms. The van der Waals surface area contributed by atoms with Gasteiger partial charge in [0.25, 0.3) is 11.8 Å². The quantitative estimate of drug-likeness (QED) is 0.563. The van der Waals surface area contributed by atoms with Crippen molar-refractivity contribution in [2.45, 2.75) is 52.8 Å². The molecule has 0 saturated heterocycles. The summed E-state index contributed by atoms with van der Waals surface area (Å²) in [5, 5.41) is 7.21. The number of benzene rings is 1. The number of methoxy groups -OCH3 is 1. The highest BCUT2D eigenvalue weighted by Crippen LogP contribution is 2.13. The molecule has 1 aromatic rings. The molecule has 1 aromatic carbocycles. The Morgan fingerprint density at radius 1 is 0.897 bits per heavy atom. The number of hydrogen-bond acceptors (Lipinski definition) is 6. The van der Waals surface area contributed by atoms with E-state index in [2.05, 4.69) is 16.0 Å². The van der Waals surface area contributed by atoms with Gasteiger partial charge in [0.1, 0.15) is 11.8 Å². The second-order valence-electron chi connectivity index (χ2n) is 7.12. The van der Waals surface area contributed by atoms with Crippen LogP contribution in [0.2, 0.25) is 0 Å². The molecule has 4 amide bonds. The fourth-order valence-corrected chi connectivity index (χ4v) is 2.28. The fourth-order valence-electron chi connectivity index (χ4n) is 2.28. The van der Waals surface area contributed by atoms with Gasteiger partial charge in [-0.15, -0.1) is 0 Å². The smallest absolute Gasteiger partial charge is 0.329 e. The number of hydrogen-bond donors (Lipinski definition) is 3. The van der Waals surface area contributed by atoms with E-state index in [0.717, 1.165) is 0 Å². The molecule has 0 fully saturated rings. The standard InChI is InChI=1S/C20H29N3O6/c1-11(2)16(22-18(25)14-7-9-15(28-6)10-8-14)19(26)29-13(5)17(24)23-20(27)21-12(3)4/h7-13,16H,1-6H3,(H,22,25)(H2,21,23,24,27)/t13-,16-/m0/s1. The first-order valence-electron chi connectivity index (χ1n) is 9.31. The molecule has 0 aliphatic rings. The Hall–Kier alpha value is -3.10. The highest BCUT2D eigenvalue weighted by Gasteiger charge is 2.29. The topological polar surface area (TPSA) is 123 Å². The highest BCUT2D eigenvalue weighted by molar-refractivity contribution is 5.99. The number of esters is 1. The van der Waals surface area contributed by atoms with Crippen LogP contribution >= 0.6 is 0 Å². The van der Waals surface area contributed by atoms with Gasteiger partial charge in [-0.3, -0.25) is 14.9 Å². The van der Waals surface area contributed by atoms with Crippen LogP contribution in [0.1, 0.15) is 45.0 Å². The molecule has 0 spiro atoms. The SMILES string of the molecule is COc1ccc(C(=O)N[C@H](C(=O)O[C@@H](C)C(=O)NC(=O)NC(C)C)C(C)C)cc1. The zero-order chi connectivity index (χ0) is 22.1. The third kappa shape index (κ3) is 7.81. The first kappa shape index (κ1) is 23.9. The van der Waals surface area contributed by atoms with Crippen LogP contribution in [0, 0.1) is 5.92 Å². The van der Waals surface area contributed by atoms with Gasteiger partial charge >= 0.3 is 12.0 Å². The van der Waals surface area contributed by atoms with Gasteiger partial charge in [0.15, 0.2) is 6.10 Å². The lowest BCUT2D eigenvalue weighted by Crippen LogP contribution is -2.50. The van der Waals surface area contributed by atoms with Gasteiger partial charge < -0.3 is 20.1 Å². The molecule has 2 atom stereocenters. The molecule has 29 heavy (non-hydrogen) atoms. The van der Waals surface area contributed by atoms with Crippen LogP contribution in [0.15, 0.2) is 24.3 Å². The Labute approximate surface area is 170 Å². The molecule has 3 N–H and O–H groups in total. The lowest BCUT2D eigenvalue weighted by Gasteiger charge is -2.23.